The third-order valence-corrected chi connectivity index (χ3v) is 1.81. The van der Waals surface area contributed by atoms with Crippen molar-refractivity contribution < 1.29 is 9.53 Å². The maximum absolute atomic E-state index is 11.3. The van der Waals surface area contributed by atoms with E-state index in [0.29, 0.717) is 19.0 Å². The highest BCUT2D eigenvalue weighted by Gasteiger charge is 2.20. The Kier molecular flexibility index (Phi) is 2.18. The van der Waals surface area contributed by atoms with Crippen LogP contribution in [-0.4, -0.2) is 35.6 Å². The van der Waals surface area contributed by atoms with Crippen molar-refractivity contribution in [1.29, 1.82) is 0 Å². The van der Waals surface area contributed by atoms with Gasteiger partial charge in [-0.2, -0.15) is 0 Å². The van der Waals surface area contributed by atoms with E-state index in [1.54, 1.807) is 23.5 Å². The van der Waals surface area contributed by atoms with Gasteiger partial charge in [0.05, 0.1) is 19.3 Å². The summed E-state index contributed by atoms with van der Waals surface area (Å²) in [5, 5.41) is 0. The lowest BCUT2D eigenvalue weighted by atomic mass is 10.4. The van der Waals surface area contributed by atoms with Crippen LogP contribution in [0.15, 0.2) is 18.6 Å². The first-order valence-electron chi connectivity index (χ1n) is 4.02. The number of anilines is 1. The van der Waals surface area contributed by atoms with Crippen LogP contribution < -0.4 is 4.90 Å². The van der Waals surface area contributed by atoms with Gasteiger partial charge in [0, 0.05) is 12.4 Å². The molecular weight excluding hydrogens is 170 g/mol. The summed E-state index contributed by atoms with van der Waals surface area (Å²) >= 11 is 0. The summed E-state index contributed by atoms with van der Waals surface area (Å²) in [5.74, 6) is 0.530. The fourth-order valence-electron chi connectivity index (χ4n) is 1.19. The Morgan fingerprint density at radius 1 is 1.46 bits per heavy atom. The number of amides is 1. The van der Waals surface area contributed by atoms with Gasteiger partial charge in [-0.25, -0.2) is 4.98 Å². The van der Waals surface area contributed by atoms with Crippen molar-refractivity contribution in [2.24, 2.45) is 0 Å². The smallest absolute Gasteiger partial charge is 0.254 e. The zero-order valence-electron chi connectivity index (χ0n) is 7.01. The fourth-order valence-corrected chi connectivity index (χ4v) is 1.19. The molecule has 0 saturated carbocycles. The molecule has 1 aromatic rings. The average Bonchev–Trinajstić information content (AvgIpc) is 2.20. The SMILES string of the molecule is O=C1COCCN1c1cnccn1. The predicted octanol–water partition coefficient (Wildman–Crippen LogP) is -0.160. The first-order chi connectivity index (χ1) is 6.38. The second kappa shape index (κ2) is 3.49. The minimum absolute atomic E-state index is 0.0632. The lowest BCUT2D eigenvalue weighted by molar-refractivity contribution is -0.125. The molecule has 0 spiro atoms. The number of hydrogen-bond acceptors (Lipinski definition) is 4. The van der Waals surface area contributed by atoms with Crippen LogP contribution in [0, 0.1) is 0 Å². The first-order valence-corrected chi connectivity index (χ1v) is 4.02. The molecule has 1 saturated heterocycles. The van der Waals surface area contributed by atoms with E-state index < -0.39 is 0 Å². The molecule has 2 heterocycles. The Morgan fingerprint density at radius 2 is 2.38 bits per heavy atom. The number of morpholine rings is 1. The van der Waals surface area contributed by atoms with Gasteiger partial charge in [-0.15, -0.1) is 0 Å². The van der Waals surface area contributed by atoms with E-state index in [-0.39, 0.29) is 12.5 Å². The Morgan fingerprint density at radius 3 is 3.08 bits per heavy atom. The van der Waals surface area contributed by atoms with E-state index in [9.17, 15) is 4.79 Å². The lowest BCUT2D eigenvalue weighted by Gasteiger charge is -2.25. The second-order valence-corrected chi connectivity index (χ2v) is 2.66. The summed E-state index contributed by atoms with van der Waals surface area (Å²) in [6.45, 7) is 1.25. The van der Waals surface area contributed by atoms with Crippen molar-refractivity contribution in [3.63, 3.8) is 0 Å². The van der Waals surface area contributed by atoms with Gasteiger partial charge in [0.1, 0.15) is 6.61 Å². The zero-order valence-corrected chi connectivity index (χ0v) is 7.01. The van der Waals surface area contributed by atoms with E-state index in [0.717, 1.165) is 0 Å². The van der Waals surface area contributed by atoms with Crippen LogP contribution in [0.5, 0.6) is 0 Å². The Hall–Kier alpha value is -1.49. The molecule has 5 heteroatoms. The van der Waals surface area contributed by atoms with Crippen LogP contribution >= 0.6 is 0 Å². The van der Waals surface area contributed by atoms with Crippen LogP contribution in [-0.2, 0) is 9.53 Å². The summed E-state index contributed by atoms with van der Waals surface area (Å²) in [6.07, 6.45) is 4.72. The quantitative estimate of drug-likeness (QED) is 0.601. The molecule has 0 bridgehead atoms. The Bertz CT molecular complexity index is 302. The van der Waals surface area contributed by atoms with E-state index >= 15 is 0 Å². The number of rotatable bonds is 1. The van der Waals surface area contributed by atoms with Gasteiger partial charge in [0.2, 0.25) is 0 Å². The summed E-state index contributed by atoms with van der Waals surface area (Å²) in [5.41, 5.74) is 0. The van der Waals surface area contributed by atoms with Crippen molar-refractivity contribution in [1.82, 2.24) is 9.97 Å². The molecular formula is C8H9N3O2. The summed E-state index contributed by atoms with van der Waals surface area (Å²) in [4.78, 5) is 20.8. The van der Waals surface area contributed by atoms with Crippen molar-refractivity contribution >= 4 is 11.7 Å². The predicted molar refractivity (Wildman–Crippen MR) is 45.2 cm³/mol. The van der Waals surface area contributed by atoms with Crippen LogP contribution in [0.2, 0.25) is 0 Å². The van der Waals surface area contributed by atoms with Crippen LogP contribution in [0.1, 0.15) is 0 Å². The number of nitrogens with zero attached hydrogens (tertiary/aromatic N) is 3. The first kappa shape index (κ1) is 8.12. The monoisotopic (exact) mass is 179 g/mol. The highest BCUT2D eigenvalue weighted by Crippen LogP contribution is 2.10. The van der Waals surface area contributed by atoms with Crippen LogP contribution in [0.4, 0.5) is 5.82 Å². The van der Waals surface area contributed by atoms with Crippen LogP contribution in [0.3, 0.4) is 0 Å². The molecule has 1 aliphatic rings. The van der Waals surface area contributed by atoms with Gasteiger partial charge in [0.15, 0.2) is 5.82 Å². The van der Waals surface area contributed by atoms with Gasteiger partial charge in [-0.3, -0.25) is 14.7 Å². The molecule has 0 aromatic carbocycles. The highest BCUT2D eigenvalue weighted by molar-refractivity contribution is 5.93. The number of ether oxygens (including phenoxy) is 1. The third kappa shape index (κ3) is 1.65. The minimum Gasteiger partial charge on any atom is -0.370 e. The average molecular weight is 179 g/mol. The molecule has 0 atom stereocenters. The molecule has 1 fully saturated rings. The number of carbonyl (C=O) groups excluding carboxylic acids is 1. The summed E-state index contributed by atoms with van der Waals surface area (Å²) < 4.78 is 4.99. The molecule has 1 aromatic heterocycles. The second-order valence-electron chi connectivity index (χ2n) is 2.66. The highest BCUT2D eigenvalue weighted by atomic mass is 16.5. The number of carbonyl (C=O) groups is 1. The normalized spacial score (nSPS) is 17.5. The molecule has 1 amide bonds. The van der Waals surface area contributed by atoms with Gasteiger partial charge < -0.3 is 4.74 Å². The molecule has 0 radical (unpaired) electrons. The molecule has 68 valence electrons. The maximum Gasteiger partial charge on any atom is 0.254 e. The Labute approximate surface area is 75.4 Å². The molecule has 0 N–H and O–H groups in total. The van der Waals surface area contributed by atoms with Gasteiger partial charge in [0.25, 0.3) is 5.91 Å². The number of hydrogen-bond donors (Lipinski definition) is 0. The molecule has 1 aliphatic heterocycles. The van der Waals surface area contributed by atoms with Crippen molar-refractivity contribution in [2.45, 2.75) is 0 Å². The zero-order chi connectivity index (χ0) is 9.10. The van der Waals surface area contributed by atoms with E-state index in [1.807, 2.05) is 0 Å². The van der Waals surface area contributed by atoms with Crippen LogP contribution in [0.25, 0.3) is 0 Å². The molecule has 5 nitrogen and oxygen atoms in total. The molecule has 2 rings (SSSR count). The van der Waals surface area contributed by atoms with E-state index in [2.05, 4.69) is 9.97 Å². The standard InChI is InChI=1S/C8H9N3O2/c12-8-6-13-4-3-11(8)7-5-9-1-2-10-7/h1-2,5H,3-4,6H2. The Balaban J connectivity index is 2.20. The van der Waals surface area contributed by atoms with Gasteiger partial charge >= 0.3 is 0 Å². The summed E-state index contributed by atoms with van der Waals surface area (Å²) in [7, 11) is 0. The summed E-state index contributed by atoms with van der Waals surface area (Å²) in [6, 6.07) is 0. The molecule has 0 unspecified atom stereocenters. The maximum atomic E-state index is 11.3. The third-order valence-electron chi connectivity index (χ3n) is 1.81. The fraction of sp³-hybridized carbons (Fsp3) is 0.375. The van der Waals surface area contributed by atoms with Crippen molar-refractivity contribution in [3.05, 3.63) is 18.6 Å². The number of aromatic nitrogens is 2. The van der Waals surface area contributed by atoms with E-state index in [1.165, 1.54) is 0 Å². The van der Waals surface area contributed by atoms with Crippen molar-refractivity contribution in [2.75, 3.05) is 24.7 Å². The van der Waals surface area contributed by atoms with Gasteiger partial charge in [-0.1, -0.05) is 0 Å². The minimum atomic E-state index is -0.0632. The van der Waals surface area contributed by atoms with Crippen molar-refractivity contribution in [3.8, 4) is 0 Å². The largest absolute Gasteiger partial charge is 0.370 e. The molecule has 0 aliphatic carbocycles. The lowest BCUT2D eigenvalue weighted by Crippen LogP contribution is -2.42. The van der Waals surface area contributed by atoms with Gasteiger partial charge in [-0.05, 0) is 0 Å². The topological polar surface area (TPSA) is 55.3 Å². The van der Waals surface area contributed by atoms with E-state index in [4.69, 9.17) is 4.74 Å². The molecule has 13 heavy (non-hydrogen) atoms.